The molecule has 0 aliphatic carbocycles. The quantitative estimate of drug-likeness (QED) is 0.800. The highest BCUT2D eigenvalue weighted by Gasteiger charge is 2.19. The first-order valence-electron chi connectivity index (χ1n) is 8.06. The summed E-state index contributed by atoms with van der Waals surface area (Å²) >= 11 is 3.38. The maximum Gasteiger partial charge on any atom is 0.273 e. The van der Waals surface area contributed by atoms with Crippen LogP contribution in [0.2, 0.25) is 0 Å². The van der Waals surface area contributed by atoms with Gasteiger partial charge in [-0.15, -0.1) is 0 Å². The molecule has 1 heterocycles. The van der Waals surface area contributed by atoms with Gasteiger partial charge < -0.3 is 5.32 Å². The highest BCUT2D eigenvalue weighted by Crippen LogP contribution is 2.23. The van der Waals surface area contributed by atoms with Crippen molar-refractivity contribution in [3.05, 3.63) is 51.8 Å². The van der Waals surface area contributed by atoms with Gasteiger partial charge in [0, 0.05) is 13.2 Å². The number of rotatable bonds is 6. The van der Waals surface area contributed by atoms with E-state index in [1.54, 1.807) is 17.9 Å². The Morgan fingerprint density at radius 3 is 2.30 bits per heavy atom. The molecule has 1 amide bonds. The van der Waals surface area contributed by atoms with E-state index in [2.05, 4.69) is 71.4 Å². The van der Waals surface area contributed by atoms with Crippen molar-refractivity contribution in [3.8, 4) is 0 Å². The topological polar surface area (TPSA) is 46.9 Å². The van der Waals surface area contributed by atoms with E-state index in [1.165, 1.54) is 5.56 Å². The molecular weight excluding hydrogens is 354 g/mol. The van der Waals surface area contributed by atoms with Crippen molar-refractivity contribution in [2.75, 3.05) is 0 Å². The minimum atomic E-state index is -0.157. The predicted molar refractivity (Wildman–Crippen MR) is 96.6 cm³/mol. The first-order chi connectivity index (χ1) is 11.0. The summed E-state index contributed by atoms with van der Waals surface area (Å²) in [5.74, 6) is 0.401. The minimum absolute atomic E-state index is 0.0117. The zero-order valence-electron chi connectivity index (χ0n) is 14.1. The van der Waals surface area contributed by atoms with Crippen LogP contribution in [0.4, 0.5) is 0 Å². The fourth-order valence-corrected chi connectivity index (χ4v) is 3.11. The lowest BCUT2D eigenvalue weighted by Crippen LogP contribution is -2.28. The van der Waals surface area contributed by atoms with E-state index in [0.29, 0.717) is 16.1 Å². The maximum atomic E-state index is 12.4. The Hall–Kier alpha value is -1.62. The summed E-state index contributed by atoms with van der Waals surface area (Å²) in [7, 11) is 1.80. The van der Waals surface area contributed by atoms with Crippen molar-refractivity contribution >= 4 is 21.8 Å². The molecule has 2 atom stereocenters. The number of benzene rings is 1. The average Bonchev–Trinajstić information content (AvgIpc) is 2.90. The van der Waals surface area contributed by atoms with Gasteiger partial charge in [-0.25, -0.2) is 0 Å². The SMILES string of the molecule is CCC(C)c1ccc(C(CC)NC(=O)c2nn(C)cc2Br)cc1. The van der Waals surface area contributed by atoms with Gasteiger partial charge in [-0.1, -0.05) is 45.0 Å². The van der Waals surface area contributed by atoms with Gasteiger partial charge in [0.2, 0.25) is 0 Å². The zero-order valence-corrected chi connectivity index (χ0v) is 15.7. The third-order valence-electron chi connectivity index (χ3n) is 4.23. The molecule has 0 aliphatic heterocycles. The Bertz CT molecular complexity index is 663. The average molecular weight is 378 g/mol. The number of aryl methyl sites for hydroxylation is 1. The molecule has 0 bridgehead atoms. The van der Waals surface area contributed by atoms with E-state index in [1.807, 2.05) is 0 Å². The van der Waals surface area contributed by atoms with E-state index in [4.69, 9.17) is 0 Å². The maximum absolute atomic E-state index is 12.4. The van der Waals surface area contributed by atoms with Gasteiger partial charge >= 0.3 is 0 Å². The Kier molecular flexibility index (Phi) is 5.99. The van der Waals surface area contributed by atoms with Gasteiger partial charge in [-0.05, 0) is 45.8 Å². The number of nitrogens with zero attached hydrogens (tertiary/aromatic N) is 2. The van der Waals surface area contributed by atoms with Gasteiger partial charge in [0.25, 0.3) is 5.91 Å². The summed E-state index contributed by atoms with van der Waals surface area (Å²) in [6, 6.07) is 8.54. The van der Waals surface area contributed by atoms with E-state index >= 15 is 0 Å². The summed E-state index contributed by atoms with van der Waals surface area (Å²) in [4.78, 5) is 12.4. The molecule has 1 aromatic heterocycles. The monoisotopic (exact) mass is 377 g/mol. The first-order valence-corrected chi connectivity index (χ1v) is 8.85. The lowest BCUT2D eigenvalue weighted by molar-refractivity contribution is 0.0929. The summed E-state index contributed by atoms with van der Waals surface area (Å²) in [6.07, 6.45) is 3.73. The van der Waals surface area contributed by atoms with Crippen molar-refractivity contribution < 1.29 is 4.79 Å². The number of amides is 1. The minimum Gasteiger partial charge on any atom is -0.344 e. The van der Waals surface area contributed by atoms with Crippen molar-refractivity contribution in [2.45, 2.75) is 45.6 Å². The second-order valence-corrected chi connectivity index (χ2v) is 6.76. The Morgan fingerprint density at radius 1 is 1.22 bits per heavy atom. The highest BCUT2D eigenvalue weighted by molar-refractivity contribution is 9.10. The molecule has 0 spiro atoms. The Labute approximate surface area is 146 Å². The highest BCUT2D eigenvalue weighted by atomic mass is 79.9. The zero-order chi connectivity index (χ0) is 17.0. The third-order valence-corrected chi connectivity index (χ3v) is 4.81. The van der Waals surface area contributed by atoms with Gasteiger partial charge in [-0.2, -0.15) is 5.10 Å². The molecule has 0 aliphatic rings. The molecule has 2 aromatic rings. The molecule has 124 valence electrons. The second-order valence-electron chi connectivity index (χ2n) is 5.91. The van der Waals surface area contributed by atoms with E-state index in [9.17, 15) is 4.79 Å². The number of halogens is 1. The number of hydrogen-bond donors (Lipinski definition) is 1. The number of hydrogen-bond acceptors (Lipinski definition) is 2. The first kappa shape index (κ1) is 17.7. The third kappa shape index (κ3) is 4.22. The standard InChI is InChI=1S/C18H24BrN3O/c1-5-12(3)13-7-9-14(10-8-13)16(6-2)20-18(23)17-15(19)11-22(4)21-17/h7-12,16H,5-6H2,1-4H3,(H,20,23). The van der Waals surface area contributed by atoms with Crippen LogP contribution in [0.1, 0.15) is 67.2 Å². The Morgan fingerprint density at radius 2 is 1.83 bits per heavy atom. The number of carbonyl (C=O) groups is 1. The van der Waals surface area contributed by atoms with Crippen LogP contribution in [0.25, 0.3) is 0 Å². The summed E-state index contributed by atoms with van der Waals surface area (Å²) < 4.78 is 2.33. The van der Waals surface area contributed by atoms with E-state index in [-0.39, 0.29) is 11.9 Å². The molecule has 5 heteroatoms. The van der Waals surface area contributed by atoms with Crippen LogP contribution in [0.3, 0.4) is 0 Å². The van der Waals surface area contributed by atoms with Crippen LogP contribution < -0.4 is 5.32 Å². The Balaban J connectivity index is 2.13. The number of carbonyl (C=O) groups excluding carboxylic acids is 1. The molecule has 1 N–H and O–H groups in total. The fourth-order valence-electron chi connectivity index (χ4n) is 2.55. The molecule has 2 unspecified atom stereocenters. The van der Waals surface area contributed by atoms with Gasteiger partial charge in [-0.3, -0.25) is 9.48 Å². The molecule has 0 saturated carbocycles. The molecule has 0 radical (unpaired) electrons. The second kappa shape index (κ2) is 7.77. The molecule has 0 saturated heterocycles. The van der Waals surface area contributed by atoms with Crippen molar-refractivity contribution in [2.24, 2.45) is 7.05 Å². The van der Waals surface area contributed by atoms with Gasteiger partial charge in [0.1, 0.15) is 0 Å². The molecular formula is C18H24BrN3O. The number of nitrogens with one attached hydrogen (secondary N) is 1. The molecule has 23 heavy (non-hydrogen) atoms. The fraction of sp³-hybridized carbons (Fsp3) is 0.444. The lowest BCUT2D eigenvalue weighted by atomic mass is 9.95. The van der Waals surface area contributed by atoms with Crippen LogP contribution in [-0.2, 0) is 7.05 Å². The van der Waals surface area contributed by atoms with Crippen LogP contribution in [-0.4, -0.2) is 15.7 Å². The van der Waals surface area contributed by atoms with Crippen molar-refractivity contribution in [1.29, 1.82) is 0 Å². The summed E-state index contributed by atoms with van der Waals surface area (Å²) in [6.45, 7) is 6.49. The molecule has 1 aromatic carbocycles. The van der Waals surface area contributed by atoms with Crippen molar-refractivity contribution in [1.82, 2.24) is 15.1 Å². The normalized spacial score (nSPS) is 13.6. The van der Waals surface area contributed by atoms with E-state index < -0.39 is 0 Å². The largest absolute Gasteiger partial charge is 0.344 e. The van der Waals surface area contributed by atoms with E-state index in [0.717, 1.165) is 18.4 Å². The molecule has 0 fully saturated rings. The van der Waals surface area contributed by atoms with Crippen LogP contribution in [0.15, 0.2) is 34.9 Å². The van der Waals surface area contributed by atoms with Crippen LogP contribution in [0.5, 0.6) is 0 Å². The van der Waals surface area contributed by atoms with Gasteiger partial charge in [0.15, 0.2) is 5.69 Å². The lowest BCUT2D eigenvalue weighted by Gasteiger charge is -2.18. The molecule has 2 rings (SSSR count). The number of aromatic nitrogens is 2. The predicted octanol–water partition coefficient (Wildman–Crippen LogP) is 4.58. The summed E-state index contributed by atoms with van der Waals surface area (Å²) in [5.41, 5.74) is 2.88. The van der Waals surface area contributed by atoms with Crippen LogP contribution in [0, 0.1) is 0 Å². The van der Waals surface area contributed by atoms with Gasteiger partial charge in [0.05, 0.1) is 10.5 Å². The molecule has 4 nitrogen and oxygen atoms in total. The smallest absolute Gasteiger partial charge is 0.273 e. The summed E-state index contributed by atoms with van der Waals surface area (Å²) in [5, 5.41) is 7.27. The van der Waals surface area contributed by atoms with Crippen LogP contribution >= 0.6 is 15.9 Å². The van der Waals surface area contributed by atoms with Crippen molar-refractivity contribution in [3.63, 3.8) is 0 Å².